The second kappa shape index (κ2) is 5.22. The van der Waals surface area contributed by atoms with Crippen molar-refractivity contribution in [3.8, 4) is 0 Å². The lowest BCUT2D eigenvalue weighted by Gasteiger charge is -2.13. The minimum Gasteiger partial charge on any atom is -0.450 e. The van der Waals surface area contributed by atoms with Crippen molar-refractivity contribution in [2.24, 2.45) is 0 Å². The first-order chi connectivity index (χ1) is 9.65. The molecular weight excluding hydrogens is 340 g/mol. The molecule has 1 aliphatic heterocycles. The van der Waals surface area contributed by atoms with Crippen molar-refractivity contribution in [3.05, 3.63) is 58.6 Å². The molecule has 2 heterocycles. The summed E-state index contributed by atoms with van der Waals surface area (Å²) in [6, 6.07) is 12.8. The maximum absolute atomic E-state index is 12.4. The predicted molar refractivity (Wildman–Crippen MR) is 84.0 cm³/mol. The molecule has 100 valence electrons. The Bertz CT molecular complexity index is 709. The number of rotatable bonds is 2. The molecule has 2 aromatic rings. The normalized spacial score (nSPS) is 16.9. The van der Waals surface area contributed by atoms with Gasteiger partial charge in [-0.25, -0.2) is 0 Å². The predicted octanol–water partition coefficient (Wildman–Crippen LogP) is 3.30. The van der Waals surface area contributed by atoms with Crippen LogP contribution in [0.15, 0.2) is 57.2 Å². The number of nitrogens with zero attached hydrogens (tertiary/aromatic N) is 1. The summed E-state index contributed by atoms with van der Waals surface area (Å²) in [5.74, 6) is 0.374. The molecule has 0 bridgehead atoms. The van der Waals surface area contributed by atoms with Crippen molar-refractivity contribution in [1.82, 2.24) is 5.32 Å². The average Bonchev–Trinajstić information content (AvgIpc) is 2.96. The zero-order valence-corrected chi connectivity index (χ0v) is 12.6. The maximum atomic E-state index is 12.4. The number of nitrogens with one attached hydrogen (secondary N) is 1. The van der Waals surface area contributed by atoms with Crippen LogP contribution >= 0.6 is 28.1 Å². The quantitative estimate of drug-likeness (QED) is 0.668. The summed E-state index contributed by atoms with van der Waals surface area (Å²) >= 11 is 8.43. The van der Waals surface area contributed by atoms with E-state index in [1.165, 1.54) is 4.90 Å². The fourth-order valence-corrected chi connectivity index (χ4v) is 2.51. The van der Waals surface area contributed by atoms with Crippen LogP contribution in [-0.2, 0) is 4.79 Å². The van der Waals surface area contributed by atoms with Gasteiger partial charge in [0.05, 0.1) is 5.69 Å². The highest BCUT2D eigenvalue weighted by molar-refractivity contribution is 9.10. The molecule has 4 nitrogen and oxygen atoms in total. The van der Waals surface area contributed by atoms with E-state index in [0.29, 0.717) is 21.2 Å². The molecule has 1 amide bonds. The summed E-state index contributed by atoms with van der Waals surface area (Å²) in [6.07, 6.45) is 1.63. The van der Waals surface area contributed by atoms with Crippen molar-refractivity contribution in [3.63, 3.8) is 0 Å². The van der Waals surface area contributed by atoms with E-state index in [-0.39, 0.29) is 5.91 Å². The molecule has 0 saturated carbocycles. The fourth-order valence-electron chi connectivity index (χ4n) is 1.89. The van der Waals surface area contributed by atoms with E-state index in [9.17, 15) is 4.79 Å². The van der Waals surface area contributed by atoms with Gasteiger partial charge < -0.3 is 9.73 Å². The smallest absolute Gasteiger partial charge is 0.281 e. The second-order valence-corrected chi connectivity index (χ2v) is 5.27. The Labute approximate surface area is 129 Å². The topological polar surface area (TPSA) is 45.5 Å². The van der Waals surface area contributed by atoms with Crippen molar-refractivity contribution in [2.45, 2.75) is 0 Å². The standard InChI is InChI=1S/C14H9BrN2O2S/c15-12-7-6-10(19-12)8-11-13(18)17(14(20)16-11)9-4-2-1-3-5-9/h1-8H,(H,16,20)/b11-8+. The Kier molecular flexibility index (Phi) is 3.42. The highest BCUT2D eigenvalue weighted by atomic mass is 79.9. The highest BCUT2D eigenvalue weighted by Crippen LogP contribution is 2.23. The number of anilines is 1. The Morgan fingerprint density at radius 3 is 2.60 bits per heavy atom. The summed E-state index contributed by atoms with van der Waals surface area (Å²) < 4.78 is 5.96. The number of furan rings is 1. The van der Waals surface area contributed by atoms with E-state index in [2.05, 4.69) is 21.2 Å². The third kappa shape index (κ3) is 2.39. The van der Waals surface area contributed by atoms with Crippen LogP contribution in [0.1, 0.15) is 5.76 Å². The van der Waals surface area contributed by atoms with E-state index >= 15 is 0 Å². The minimum atomic E-state index is -0.200. The molecule has 1 N–H and O–H groups in total. The second-order valence-electron chi connectivity index (χ2n) is 4.11. The van der Waals surface area contributed by atoms with Gasteiger partial charge in [0.25, 0.3) is 5.91 Å². The minimum absolute atomic E-state index is 0.200. The van der Waals surface area contributed by atoms with Gasteiger partial charge in [-0.2, -0.15) is 0 Å². The Hall–Kier alpha value is -1.92. The molecule has 0 radical (unpaired) electrons. The molecule has 1 aromatic carbocycles. The Morgan fingerprint density at radius 2 is 1.95 bits per heavy atom. The lowest BCUT2D eigenvalue weighted by atomic mass is 10.3. The largest absolute Gasteiger partial charge is 0.450 e. The number of carbonyl (C=O) groups is 1. The zero-order chi connectivity index (χ0) is 14.1. The third-order valence-corrected chi connectivity index (χ3v) is 3.48. The summed E-state index contributed by atoms with van der Waals surface area (Å²) in [6.45, 7) is 0. The molecule has 1 aromatic heterocycles. The first kappa shape index (κ1) is 13.1. The molecule has 0 unspecified atom stereocenters. The summed E-state index contributed by atoms with van der Waals surface area (Å²) in [5, 5.41) is 3.26. The van der Waals surface area contributed by atoms with Crippen LogP contribution in [0.2, 0.25) is 0 Å². The molecule has 3 rings (SSSR count). The molecule has 0 aliphatic carbocycles. The van der Waals surface area contributed by atoms with Gasteiger partial charge in [0.2, 0.25) is 0 Å². The zero-order valence-electron chi connectivity index (χ0n) is 10.2. The van der Waals surface area contributed by atoms with Gasteiger partial charge in [-0.15, -0.1) is 0 Å². The number of hydrogen-bond donors (Lipinski definition) is 1. The van der Waals surface area contributed by atoms with E-state index in [1.54, 1.807) is 18.2 Å². The first-order valence-electron chi connectivity index (χ1n) is 5.83. The third-order valence-electron chi connectivity index (χ3n) is 2.77. The van der Waals surface area contributed by atoms with Crippen LogP contribution in [0.25, 0.3) is 6.08 Å². The van der Waals surface area contributed by atoms with Gasteiger partial charge in [-0.1, -0.05) is 18.2 Å². The number of carbonyl (C=O) groups excluding carboxylic acids is 1. The molecule has 20 heavy (non-hydrogen) atoms. The van der Waals surface area contributed by atoms with Gasteiger partial charge in [0.15, 0.2) is 9.78 Å². The molecule has 0 atom stereocenters. The molecular formula is C14H9BrN2O2S. The van der Waals surface area contributed by atoms with Gasteiger partial charge in [0, 0.05) is 6.08 Å². The van der Waals surface area contributed by atoms with Crippen molar-refractivity contribution in [2.75, 3.05) is 4.90 Å². The molecule has 1 saturated heterocycles. The lowest BCUT2D eigenvalue weighted by Crippen LogP contribution is -2.30. The van der Waals surface area contributed by atoms with E-state index in [1.807, 2.05) is 30.3 Å². The number of halogens is 1. The Balaban J connectivity index is 1.93. The summed E-state index contributed by atoms with van der Waals surface area (Å²) in [4.78, 5) is 13.8. The highest BCUT2D eigenvalue weighted by Gasteiger charge is 2.31. The molecule has 6 heteroatoms. The van der Waals surface area contributed by atoms with Gasteiger partial charge in [-0.05, 0) is 52.4 Å². The number of amides is 1. The molecule has 1 aliphatic rings. The van der Waals surface area contributed by atoms with Crippen molar-refractivity contribution in [1.29, 1.82) is 0 Å². The van der Waals surface area contributed by atoms with E-state index in [4.69, 9.17) is 16.6 Å². The van der Waals surface area contributed by atoms with Crippen LogP contribution in [0.3, 0.4) is 0 Å². The SMILES string of the molecule is O=C1/C(=C\c2ccc(Br)o2)NC(=S)N1c1ccccc1. The lowest BCUT2D eigenvalue weighted by molar-refractivity contribution is -0.113. The van der Waals surface area contributed by atoms with Crippen LogP contribution in [0.4, 0.5) is 5.69 Å². The van der Waals surface area contributed by atoms with Crippen molar-refractivity contribution >= 4 is 50.9 Å². The van der Waals surface area contributed by atoms with Crippen LogP contribution in [0, 0.1) is 0 Å². The number of benzene rings is 1. The van der Waals surface area contributed by atoms with Crippen molar-refractivity contribution < 1.29 is 9.21 Å². The monoisotopic (exact) mass is 348 g/mol. The number of hydrogen-bond acceptors (Lipinski definition) is 3. The van der Waals surface area contributed by atoms with E-state index in [0.717, 1.165) is 5.69 Å². The number of para-hydroxylation sites is 1. The number of thiocarbonyl (C=S) groups is 1. The van der Waals surface area contributed by atoms with Gasteiger partial charge in [0.1, 0.15) is 11.5 Å². The van der Waals surface area contributed by atoms with Gasteiger partial charge in [-0.3, -0.25) is 9.69 Å². The molecule has 0 spiro atoms. The molecule has 1 fully saturated rings. The van der Waals surface area contributed by atoms with E-state index < -0.39 is 0 Å². The van der Waals surface area contributed by atoms with Crippen LogP contribution in [0.5, 0.6) is 0 Å². The van der Waals surface area contributed by atoms with Crippen LogP contribution in [-0.4, -0.2) is 11.0 Å². The Morgan fingerprint density at radius 1 is 1.20 bits per heavy atom. The summed E-state index contributed by atoms with van der Waals surface area (Å²) in [7, 11) is 0. The average molecular weight is 349 g/mol. The van der Waals surface area contributed by atoms with Crippen LogP contribution < -0.4 is 10.2 Å². The summed E-state index contributed by atoms with van der Waals surface area (Å²) in [5.41, 5.74) is 1.12. The maximum Gasteiger partial charge on any atom is 0.281 e. The first-order valence-corrected chi connectivity index (χ1v) is 7.03. The van der Waals surface area contributed by atoms with Gasteiger partial charge >= 0.3 is 0 Å². The fraction of sp³-hybridized carbons (Fsp3) is 0.